The van der Waals surface area contributed by atoms with Crippen molar-refractivity contribution in [2.75, 3.05) is 19.5 Å². The molecule has 3 aromatic rings. The Bertz CT molecular complexity index is 1200. The quantitative estimate of drug-likeness (QED) is 0.458. The molecule has 0 saturated carbocycles. The molecular formula is C21H20F2N6O3. The molecule has 2 aromatic heterocycles. The van der Waals surface area contributed by atoms with Gasteiger partial charge in [0.25, 0.3) is 5.82 Å². The monoisotopic (exact) mass is 442 g/mol. The number of rotatable bonds is 8. The van der Waals surface area contributed by atoms with Gasteiger partial charge in [0.05, 0.1) is 18.3 Å². The van der Waals surface area contributed by atoms with E-state index in [9.17, 15) is 18.7 Å². The zero-order chi connectivity index (χ0) is 23.4. The molecule has 11 heteroatoms. The summed E-state index contributed by atoms with van der Waals surface area (Å²) in [5, 5.41) is 16.7. The lowest BCUT2D eigenvalue weighted by Crippen LogP contribution is -2.16. The minimum atomic E-state index is -1.44. The van der Waals surface area contributed by atoms with Crippen LogP contribution in [-0.2, 0) is 13.6 Å². The van der Waals surface area contributed by atoms with Crippen molar-refractivity contribution < 1.29 is 23.4 Å². The van der Waals surface area contributed by atoms with E-state index in [1.807, 2.05) is 0 Å². The third kappa shape index (κ3) is 4.35. The number of benzene rings is 1. The maximum Gasteiger partial charge on any atom is 0.336 e. The molecular weight excluding hydrogens is 422 g/mol. The molecule has 1 unspecified atom stereocenters. The molecule has 3 rings (SSSR count). The van der Waals surface area contributed by atoms with Gasteiger partial charge in [0.2, 0.25) is 0 Å². The van der Waals surface area contributed by atoms with E-state index in [2.05, 4.69) is 20.2 Å². The van der Waals surface area contributed by atoms with Gasteiger partial charge in [-0.25, -0.2) is 23.2 Å². The number of pyridine rings is 1. The summed E-state index contributed by atoms with van der Waals surface area (Å²) in [6, 6.07) is 4.38. The lowest BCUT2D eigenvalue weighted by atomic mass is 10.0. The van der Waals surface area contributed by atoms with Gasteiger partial charge >= 0.3 is 5.97 Å². The first-order valence-electron chi connectivity index (χ1n) is 9.39. The molecule has 0 aliphatic heterocycles. The van der Waals surface area contributed by atoms with Crippen molar-refractivity contribution in [3.8, 4) is 16.9 Å². The second-order valence-electron chi connectivity index (χ2n) is 6.82. The number of alkyl halides is 1. The van der Waals surface area contributed by atoms with E-state index in [4.69, 9.17) is 17.0 Å². The van der Waals surface area contributed by atoms with E-state index in [0.717, 1.165) is 18.2 Å². The molecule has 9 nitrogen and oxygen atoms in total. The summed E-state index contributed by atoms with van der Waals surface area (Å²) in [4.78, 5) is 19.1. The molecule has 166 valence electrons. The topological polar surface area (TPSA) is 120 Å². The Morgan fingerprint density at radius 1 is 1.44 bits per heavy atom. The average Bonchev–Trinajstić information content (AvgIpc) is 3.08. The number of anilines is 1. The molecule has 0 aliphatic rings. The van der Waals surface area contributed by atoms with Crippen molar-refractivity contribution in [3.63, 3.8) is 0 Å². The average molecular weight is 442 g/mol. The van der Waals surface area contributed by atoms with E-state index in [1.165, 1.54) is 16.9 Å². The van der Waals surface area contributed by atoms with Crippen LogP contribution in [0.1, 0.15) is 27.7 Å². The van der Waals surface area contributed by atoms with Crippen LogP contribution in [0, 0.1) is 12.4 Å². The molecule has 4 N–H and O–H groups in total. The smallest absolute Gasteiger partial charge is 0.336 e. The van der Waals surface area contributed by atoms with Crippen LogP contribution in [0.2, 0.25) is 0 Å². The van der Waals surface area contributed by atoms with Gasteiger partial charge in [-0.3, -0.25) is 0 Å². The summed E-state index contributed by atoms with van der Waals surface area (Å²) in [5.41, 5.74) is 6.97. The first kappa shape index (κ1) is 22.6. The molecule has 0 radical (unpaired) electrons. The van der Waals surface area contributed by atoms with Crippen LogP contribution in [0.3, 0.4) is 0 Å². The Labute approximate surface area is 182 Å². The molecule has 0 aliphatic carbocycles. The van der Waals surface area contributed by atoms with Gasteiger partial charge in [-0.2, -0.15) is 0 Å². The SMILES string of the molecule is [C-]#[N+]c1c(-c2cnc(N)c(OC(CF)c3cc(F)ccc3C(=O)O)c2)c(CNC)nn1C. The molecule has 0 saturated heterocycles. The van der Waals surface area contributed by atoms with Crippen LogP contribution in [0.5, 0.6) is 5.75 Å². The number of ether oxygens (including phenoxy) is 1. The van der Waals surface area contributed by atoms with Crippen molar-refractivity contribution in [1.82, 2.24) is 20.1 Å². The fraction of sp³-hybridized carbons (Fsp3) is 0.238. The lowest BCUT2D eigenvalue weighted by molar-refractivity contribution is 0.0689. The van der Waals surface area contributed by atoms with Gasteiger partial charge in [-0.1, -0.05) is 6.57 Å². The molecule has 1 aromatic carbocycles. The number of nitrogens with one attached hydrogen (secondary N) is 1. The van der Waals surface area contributed by atoms with Crippen LogP contribution >= 0.6 is 0 Å². The fourth-order valence-corrected chi connectivity index (χ4v) is 3.30. The summed E-state index contributed by atoms with van der Waals surface area (Å²) in [7, 11) is 3.37. The minimum Gasteiger partial charge on any atom is -0.479 e. The summed E-state index contributed by atoms with van der Waals surface area (Å²) in [6.45, 7) is 6.71. The van der Waals surface area contributed by atoms with Crippen molar-refractivity contribution in [2.24, 2.45) is 7.05 Å². The Morgan fingerprint density at radius 3 is 2.81 bits per heavy atom. The zero-order valence-corrected chi connectivity index (χ0v) is 17.3. The fourth-order valence-electron chi connectivity index (χ4n) is 3.30. The highest BCUT2D eigenvalue weighted by atomic mass is 19.1. The van der Waals surface area contributed by atoms with E-state index >= 15 is 0 Å². The number of nitrogens with two attached hydrogens (primary N) is 1. The van der Waals surface area contributed by atoms with Gasteiger partial charge in [-0.05, 0) is 36.9 Å². The number of hydrogen-bond donors (Lipinski definition) is 3. The van der Waals surface area contributed by atoms with Crippen molar-refractivity contribution in [2.45, 2.75) is 12.6 Å². The van der Waals surface area contributed by atoms with Crippen molar-refractivity contribution >= 4 is 17.6 Å². The van der Waals surface area contributed by atoms with Gasteiger partial charge in [0.1, 0.15) is 12.5 Å². The van der Waals surface area contributed by atoms with Crippen LogP contribution < -0.4 is 15.8 Å². The molecule has 0 spiro atoms. The number of aromatic nitrogens is 3. The maximum atomic E-state index is 13.9. The van der Waals surface area contributed by atoms with Crippen molar-refractivity contribution in [1.29, 1.82) is 0 Å². The number of nitrogen functional groups attached to an aromatic ring is 1. The van der Waals surface area contributed by atoms with Crippen molar-refractivity contribution in [3.05, 3.63) is 64.5 Å². The molecule has 0 fully saturated rings. The number of aromatic carboxylic acids is 1. The highest BCUT2D eigenvalue weighted by molar-refractivity contribution is 5.89. The van der Waals surface area contributed by atoms with E-state index in [0.29, 0.717) is 23.4 Å². The molecule has 0 bridgehead atoms. The number of carbonyl (C=O) groups is 1. The summed E-state index contributed by atoms with van der Waals surface area (Å²) in [6.07, 6.45) is -0.00954. The third-order valence-corrected chi connectivity index (χ3v) is 4.71. The standard InChI is InChI=1S/C21H20F2N6O3/c1-25-10-15-18(20(26-2)29(3)28-15)11-6-16(19(24)27-9-11)32-17(8-22)14-7-12(23)4-5-13(14)21(30)31/h4-7,9,17,25H,8,10H2,1,3H3,(H2,24,27)(H,30,31). The highest BCUT2D eigenvalue weighted by Crippen LogP contribution is 2.37. The summed E-state index contributed by atoms with van der Waals surface area (Å²) >= 11 is 0. The van der Waals surface area contributed by atoms with E-state index in [1.54, 1.807) is 14.1 Å². The Kier molecular flexibility index (Phi) is 6.65. The lowest BCUT2D eigenvalue weighted by Gasteiger charge is -2.20. The Hall–Kier alpha value is -4.04. The molecule has 32 heavy (non-hydrogen) atoms. The second-order valence-corrected chi connectivity index (χ2v) is 6.82. The summed E-state index contributed by atoms with van der Waals surface area (Å²) in [5.74, 6) is -1.95. The maximum absolute atomic E-state index is 13.9. The van der Waals surface area contributed by atoms with Gasteiger partial charge in [0, 0.05) is 23.9 Å². The van der Waals surface area contributed by atoms with Crippen LogP contribution in [0.15, 0.2) is 30.5 Å². The van der Waals surface area contributed by atoms with Gasteiger partial charge < -0.3 is 25.7 Å². The molecule has 2 heterocycles. The first-order chi connectivity index (χ1) is 15.3. The number of carboxylic acid groups (broad SMARTS) is 1. The third-order valence-electron chi connectivity index (χ3n) is 4.71. The first-order valence-corrected chi connectivity index (χ1v) is 9.39. The van der Waals surface area contributed by atoms with Crippen LogP contribution in [-0.4, -0.2) is 39.6 Å². The Balaban J connectivity index is 2.07. The van der Waals surface area contributed by atoms with Gasteiger partial charge in [0.15, 0.2) is 17.7 Å². The van der Waals surface area contributed by atoms with Crippen LogP contribution in [0.25, 0.3) is 16.0 Å². The number of hydrogen-bond acceptors (Lipinski definition) is 6. The molecule has 1 atom stereocenters. The number of nitrogens with zero attached hydrogens (tertiary/aromatic N) is 4. The molecule has 0 amide bonds. The normalized spacial score (nSPS) is 11.7. The predicted octanol–water partition coefficient (Wildman–Crippen LogP) is 3.26. The zero-order valence-electron chi connectivity index (χ0n) is 17.3. The number of halogens is 2. The largest absolute Gasteiger partial charge is 0.479 e. The predicted molar refractivity (Wildman–Crippen MR) is 113 cm³/mol. The van der Waals surface area contributed by atoms with Gasteiger partial charge in [-0.15, -0.1) is 5.10 Å². The second kappa shape index (κ2) is 9.40. The van der Waals surface area contributed by atoms with Crippen LogP contribution in [0.4, 0.5) is 20.4 Å². The summed E-state index contributed by atoms with van der Waals surface area (Å²) < 4.78 is 34.7. The number of carboxylic acids is 1. The minimum absolute atomic E-state index is 0.0408. The number of aryl methyl sites for hydroxylation is 1. The Morgan fingerprint density at radius 2 is 2.19 bits per heavy atom. The van der Waals surface area contributed by atoms with E-state index in [-0.39, 0.29) is 28.5 Å². The highest BCUT2D eigenvalue weighted by Gasteiger charge is 2.24. The van der Waals surface area contributed by atoms with E-state index < -0.39 is 24.6 Å².